The molecule has 1 saturated carbocycles. The number of hydrogen-bond donors (Lipinski definition) is 2. The number of anilines is 1. The summed E-state index contributed by atoms with van der Waals surface area (Å²) in [6.45, 7) is 2.07. The fourth-order valence-electron chi connectivity index (χ4n) is 4.57. The molecular formula is C27H33N3O7S. The van der Waals surface area contributed by atoms with Gasteiger partial charge in [0.05, 0.1) is 29.7 Å². The van der Waals surface area contributed by atoms with E-state index in [-0.39, 0.29) is 36.3 Å². The van der Waals surface area contributed by atoms with E-state index in [2.05, 4.69) is 10.3 Å². The maximum atomic E-state index is 13.0. The van der Waals surface area contributed by atoms with Crippen molar-refractivity contribution in [3.63, 3.8) is 0 Å². The van der Waals surface area contributed by atoms with Crippen molar-refractivity contribution in [2.24, 2.45) is 0 Å². The number of nitrogens with one attached hydrogen (secondary N) is 1. The number of carbonyl (C=O) groups excluding carboxylic acids is 1. The largest absolute Gasteiger partial charge is 0.481 e. The number of benzene rings is 1. The lowest BCUT2D eigenvalue weighted by Gasteiger charge is -2.24. The van der Waals surface area contributed by atoms with Gasteiger partial charge in [0.25, 0.3) is 5.91 Å². The molecule has 0 spiro atoms. The molecule has 2 heterocycles. The molecule has 1 aliphatic rings. The fourth-order valence-corrected chi connectivity index (χ4v) is 5.49. The second-order valence-electron chi connectivity index (χ2n) is 9.71. The number of amides is 1. The first kappa shape index (κ1) is 27.6. The van der Waals surface area contributed by atoms with Gasteiger partial charge in [0.2, 0.25) is 15.7 Å². The van der Waals surface area contributed by atoms with Crippen LogP contribution in [0.1, 0.15) is 59.5 Å². The second-order valence-corrected chi connectivity index (χ2v) is 11.6. The average molecular weight is 544 g/mol. The molecule has 1 amide bonds. The van der Waals surface area contributed by atoms with Gasteiger partial charge < -0.3 is 19.6 Å². The summed E-state index contributed by atoms with van der Waals surface area (Å²) in [6.07, 6.45) is 2.96. The molecule has 4 rings (SSSR count). The number of aryl methyl sites for hydroxylation is 1. The lowest BCUT2D eigenvalue weighted by molar-refractivity contribution is -0.139. The number of carbonyl (C=O) groups is 2. The van der Waals surface area contributed by atoms with Crippen LogP contribution in [0, 0.1) is 6.92 Å². The van der Waals surface area contributed by atoms with Crippen molar-refractivity contribution in [1.29, 1.82) is 0 Å². The van der Waals surface area contributed by atoms with Gasteiger partial charge in [-0.1, -0.05) is 29.8 Å². The summed E-state index contributed by atoms with van der Waals surface area (Å²) in [5, 5.41) is 12.3. The van der Waals surface area contributed by atoms with Crippen LogP contribution in [-0.2, 0) is 19.6 Å². The van der Waals surface area contributed by atoms with Gasteiger partial charge in [-0.05, 0) is 50.2 Å². The first-order chi connectivity index (χ1) is 18.0. The average Bonchev–Trinajstić information content (AvgIpc) is 3.64. The fraction of sp³-hybridized carbons (Fsp3) is 0.444. The Morgan fingerprint density at radius 2 is 1.95 bits per heavy atom. The van der Waals surface area contributed by atoms with E-state index in [1.807, 2.05) is 37.3 Å². The lowest BCUT2D eigenvalue weighted by atomic mass is 10.0. The van der Waals surface area contributed by atoms with Gasteiger partial charge in [-0.25, -0.2) is 8.42 Å². The van der Waals surface area contributed by atoms with E-state index in [9.17, 15) is 18.0 Å². The number of furan rings is 1. The monoisotopic (exact) mass is 543 g/mol. The quantitative estimate of drug-likeness (QED) is 0.348. The molecule has 2 N–H and O–H groups in total. The van der Waals surface area contributed by atoms with Crippen LogP contribution in [0.5, 0.6) is 0 Å². The van der Waals surface area contributed by atoms with Gasteiger partial charge in [-0.2, -0.15) is 4.98 Å². The minimum atomic E-state index is -3.73. The number of methoxy groups -OCH3 is 1. The molecule has 1 aromatic carbocycles. The molecule has 1 unspecified atom stereocenters. The molecule has 1 fully saturated rings. The van der Waals surface area contributed by atoms with Gasteiger partial charge >= 0.3 is 5.97 Å². The summed E-state index contributed by atoms with van der Waals surface area (Å²) in [6, 6.07) is 9.42. The van der Waals surface area contributed by atoms with Crippen LogP contribution in [0.4, 0.5) is 5.82 Å². The van der Waals surface area contributed by atoms with Crippen molar-refractivity contribution >= 4 is 38.8 Å². The van der Waals surface area contributed by atoms with Crippen LogP contribution in [0.3, 0.4) is 0 Å². The van der Waals surface area contributed by atoms with Gasteiger partial charge in [0.1, 0.15) is 11.6 Å². The lowest BCUT2D eigenvalue weighted by Crippen LogP contribution is -2.33. The molecule has 2 aromatic heterocycles. The highest BCUT2D eigenvalue weighted by atomic mass is 32.2. The van der Waals surface area contributed by atoms with Gasteiger partial charge in [-0.15, -0.1) is 0 Å². The molecule has 1 atom stereocenters. The van der Waals surface area contributed by atoms with Crippen molar-refractivity contribution < 1.29 is 32.3 Å². The number of aromatic nitrogens is 1. The molecule has 11 heteroatoms. The number of fused-ring (bicyclic) bond motifs is 1. The highest BCUT2D eigenvalue weighted by molar-refractivity contribution is 7.92. The van der Waals surface area contributed by atoms with E-state index in [1.54, 1.807) is 7.05 Å². The highest BCUT2D eigenvalue weighted by Gasteiger charge is 2.34. The molecule has 1 aliphatic carbocycles. The summed E-state index contributed by atoms with van der Waals surface area (Å²) < 4.78 is 38.5. The molecule has 0 saturated heterocycles. The molecule has 0 radical (unpaired) electrons. The van der Waals surface area contributed by atoms with Crippen LogP contribution in [0.15, 0.2) is 34.7 Å². The van der Waals surface area contributed by atoms with E-state index in [0.29, 0.717) is 35.1 Å². The zero-order chi connectivity index (χ0) is 27.6. The third kappa shape index (κ3) is 5.99. The standard InChI is InChI=1S/C27H33N3O7S/c1-16-7-9-18(10-8-16)24-23(26(33)28-2)21-15-20(17-11-12-17)25(29-27(21)37-24)30(38(4,34)35)13-5-6-19(36-3)14-22(31)32/h7-10,15,17,19H,5-6,11-14H2,1-4H3,(H,28,33)(H,31,32). The first-order valence-electron chi connectivity index (χ1n) is 12.5. The van der Waals surface area contributed by atoms with Crippen LogP contribution in [0.25, 0.3) is 22.4 Å². The van der Waals surface area contributed by atoms with Crippen molar-refractivity contribution in [1.82, 2.24) is 10.3 Å². The molecule has 3 aromatic rings. The molecule has 10 nitrogen and oxygen atoms in total. The Balaban J connectivity index is 1.80. The maximum absolute atomic E-state index is 13.0. The van der Waals surface area contributed by atoms with Gasteiger partial charge in [-0.3, -0.25) is 13.9 Å². The van der Waals surface area contributed by atoms with Crippen molar-refractivity contribution in [2.75, 3.05) is 31.3 Å². The van der Waals surface area contributed by atoms with Crippen LogP contribution >= 0.6 is 0 Å². The van der Waals surface area contributed by atoms with Gasteiger partial charge in [0.15, 0.2) is 0 Å². The number of pyridine rings is 1. The smallest absolute Gasteiger partial charge is 0.305 e. The summed E-state index contributed by atoms with van der Waals surface area (Å²) in [5.41, 5.74) is 3.05. The molecule has 204 valence electrons. The van der Waals surface area contributed by atoms with Crippen LogP contribution in [0.2, 0.25) is 0 Å². The molecular weight excluding hydrogens is 510 g/mol. The van der Waals surface area contributed by atoms with E-state index < -0.39 is 22.1 Å². The third-order valence-corrected chi connectivity index (χ3v) is 7.89. The van der Waals surface area contributed by atoms with Crippen LogP contribution in [-0.4, -0.2) is 63.4 Å². The Bertz CT molecular complexity index is 1440. The normalized spacial score (nSPS) is 14.4. The van der Waals surface area contributed by atoms with Crippen LogP contribution < -0.4 is 9.62 Å². The van der Waals surface area contributed by atoms with Crippen molar-refractivity contribution in [3.8, 4) is 11.3 Å². The topological polar surface area (TPSA) is 139 Å². The van der Waals surface area contributed by atoms with E-state index in [0.717, 1.165) is 30.2 Å². The predicted molar refractivity (Wildman–Crippen MR) is 144 cm³/mol. The first-order valence-corrected chi connectivity index (χ1v) is 14.4. The minimum Gasteiger partial charge on any atom is -0.481 e. The number of carboxylic acids is 1. The zero-order valence-electron chi connectivity index (χ0n) is 22.0. The minimum absolute atomic E-state index is 0.102. The SMILES string of the molecule is CNC(=O)c1c(-c2ccc(C)cc2)oc2nc(N(CCCC(CC(=O)O)OC)S(C)(=O)=O)c(C3CC3)cc12. The molecule has 0 bridgehead atoms. The third-order valence-electron chi connectivity index (χ3n) is 6.74. The number of sulfonamides is 1. The van der Waals surface area contributed by atoms with Gasteiger partial charge in [0, 0.05) is 26.3 Å². The summed E-state index contributed by atoms with van der Waals surface area (Å²) in [7, 11) is -0.743. The summed E-state index contributed by atoms with van der Waals surface area (Å²) in [5.74, 6) is -0.524. The zero-order valence-corrected chi connectivity index (χ0v) is 22.8. The number of rotatable bonds is 12. The van der Waals surface area contributed by atoms with E-state index >= 15 is 0 Å². The Morgan fingerprint density at radius 1 is 1.26 bits per heavy atom. The number of ether oxygens (including phenoxy) is 1. The number of nitrogens with zero attached hydrogens (tertiary/aromatic N) is 2. The van der Waals surface area contributed by atoms with Crippen molar-refractivity contribution in [3.05, 3.63) is 47.0 Å². The maximum Gasteiger partial charge on any atom is 0.305 e. The summed E-state index contributed by atoms with van der Waals surface area (Å²) >= 11 is 0. The Labute approximate surface area is 222 Å². The Morgan fingerprint density at radius 3 is 2.50 bits per heavy atom. The molecule has 38 heavy (non-hydrogen) atoms. The van der Waals surface area contributed by atoms with Crippen molar-refractivity contribution in [2.45, 2.75) is 51.0 Å². The molecule has 0 aliphatic heterocycles. The Kier molecular flexibility index (Phi) is 8.08. The van der Waals surface area contributed by atoms with E-state index in [1.165, 1.54) is 11.4 Å². The number of hydrogen-bond acceptors (Lipinski definition) is 7. The predicted octanol–water partition coefficient (Wildman–Crippen LogP) is 4.08. The second kappa shape index (κ2) is 11.1. The van der Waals surface area contributed by atoms with E-state index in [4.69, 9.17) is 14.3 Å². The Hall–Kier alpha value is -3.44. The highest BCUT2D eigenvalue weighted by Crippen LogP contribution is 2.46. The number of aliphatic carboxylic acids is 1. The summed E-state index contributed by atoms with van der Waals surface area (Å²) in [4.78, 5) is 28.7. The number of carboxylic acid groups (broad SMARTS) is 1.